The molecule has 2 aliphatic rings. The van der Waals surface area contributed by atoms with Crippen molar-refractivity contribution in [3.8, 4) is 0 Å². The van der Waals surface area contributed by atoms with Crippen LogP contribution in [0.3, 0.4) is 0 Å². The Kier molecular flexibility index (Phi) is 13.0. The lowest BCUT2D eigenvalue weighted by Crippen LogP contribution is -2.41. The molecule has 17 heteroatoms. The zero-order valence-electron chi connectivity index (χ0n) is 21.4. The zero-order chi connectivity index (χ0) is 30.5. The summed E-state index contributed by atoms with van der Waals surface area (Å²) in [4.78, 5) is 42.5. The van der Waals surface area contributed by atoms with Gasteiger partial charge >= 0.3 is 17.3 Å². The van der Waals surface area contributed by atoms with Crippen LogP contribution >= 0.6 is 0 Å². The van der Waals surface area contributed by atoms with Crippen LogP contribution in [0.25, 0.3) is 0 Å². The van der Waals surface area contributed by atoms with Gasteiger partial charge in [-0.3, -0.25) is 29.8 Å². The summed E-state index contributed by atoms with van der Waals surface area (Å²) in [6, 6.07) is 2.08. The number of aliphatic carboxylic acids is 1. The van der Waals surface area contributed by atoms with Gasteiger partial charge in [0, 0.05) is 61.6 Å². The molecule has 0 saturated carbocycles. The first kappa shape index (κ1) is 33.0. The third-order valence-electron chi connectivity index (χ3n) is 5.52. The maximum Gasteiger partial charge on any atom is 0.307 e. The van der Waals surface area contributed by atoms with Crippen molar-refractivity contribution in [3.63, 3.8) is 0 Å². The number of benzene rings is 2. The van der Waals surface area contributed by atoms with Gasteiger partial charge in [0.15, 0.2) is 0 Å². The second-order valence-electron chi connectivity index (χ2n) is 8.41. The van der Waals surface area contributed by atoms with Gasteiger partial charge < -0.3 is 24.8 Å². The van der Waals surface area contributed by atoms with Gasteiger partial charge in [-0.25, -0.2) is 8.78 Å². The van der Waals surface area contributed by atoms with Gasteiger partial charge in [-0.1, -0.05) is 0 Å². The van der Waals surface area contributed by atoms with Gasteiger partial charge in [0.25, 0.3) is 0 Å². The van der Waals surface area contributed by atoms with Gasteiger partial charge in [-0.15, -0.1) is 0 Å². The number of nitrogens with one attached hydrogen (secondary N) is 1. The molecule has 2 fully saturated rings. The van der Waals surface area contributed by atoms with Crippen LogP contribution < -0.4 is 5.32 Å². The second-order valence-corrected chi connectivity index (χ2v) is 8.41. The number of carbonyl (C=O) groups excluding carboxylic acids is 1. The molecular weight excluding hydrogens is 564 g/mol. The average Bonchev–Trinajstić information content (AvgIpc) is 2.93. The van der Waals surface area contributed by atoms with Crippen molar-refractivity contribution < 1.29 is 51.6 Å². The predicted molar refractivity (Wildman–Crippen MR) is 132 cm³/mol. The Bertz CT molecular complexity index is 1240. The van der Waals surface area contributed by atoms with Crippen molar-refractivity contribution in [1.82, 2.24) is 10.2 Å². The summed E-state index contributed by atoms with van der Waals surface area (Å²) in [5.74, 6) is -6.38. The Hall–Kier alpha value is -4.22. The number of halogens is 4. The SMILES string of the molecule is C1COCCN1.O=C(Cc1cc([N+](=O)[O-])c(F)cc1F)N1CCOCC1.O=C(O)Cc1cc([N+](=O)[O-])c(F)cc1F. The minimum Gasteiger partial charge on any atom is -0.481 e. The van der Waals surface area contributed by atoms with Crippen molar-refractivity contribution in [3.05, 3.63) is 78.9 Å². The number of morpholine rings is 2. The number of nitro groups is 2. The molecule has 2 saturated heterocycles. The lowest BCUT2D eigenvalue weighted by Gasteiger charge is -2.26. The van der Waals surface area contributed by atoms with Crippen LogP contribution in [0.1, 0.15) is 11.1 Å². The molecule has 0 aromatic heterocycles. The highest BCUT2D eigenvalue weighted by molar-refractivity contribution is 5.79. The predicted octanol–water partition coefficient (Wildman–Crippen LogP) is 2.38. The summed E-state index contributed by atoms with van der Waals surface area (Å²) >= 11 is 0. The Balaban J connectivity index is 0.000000245. The summed E-state index contributed by atoms with van der Waals surface area (Å²) < 4.78 is 62.6. The minimum atomic E-state index is -1.35. The highest BCUT2D eigenvalue weighted by Crippen LogP contribution is 2.23. The van der Waals surface area contributed by atoms with Gasteiger partial charge in [-0.2, -0.15) is 8.78 Å². The number of carbonyl (C=O) groups is 2. The fraction of sp³-hybridized carbons (Fsp3) is 0.417. The highest BCUT2D eigenvalue weighted by atomic mass is 19.1. The van der Waals surface area contributed by atoms with Crippen molar-refractivity contribution in [2.24, 2.45) is 0 Å². The Morgan fingerprint density at radius 2 is 1.22 bits per heavy atom. The lowest BCUT2D eigenvalue weighted by molar-refractivity contribution is -0.387. The first-order valence-electron chi connectivity index (χ1n) is 12.0. The fourth-order valence-electron chi connectivity index (χ4n) is 3.48. The molecule has 4 rings (SSSR count). The van der Waals surface area contributed by atoms with E-state index in [0.717, 1.165) is 32.4 Å². The van der Waals surface area contributed by atoms with Crippen molar-refractivity contribution >= 4 is 23.3 Å². The maximum atomic E-state index is 13.6. The topological polar surface area (TPSA) is 174 Å². The number of nitro benzene ring substituents is 2. The quantitative estimate of drug-likeness (QED) is 0.289. The molecule has 2 aromatic carbocycles. The number of amides is 1. The molecule has 224 valence electrons. The number of hydrogen-bond acceptors (Lipinski definition) is 9. The Labute approximate surface area is 229 Å². The summed E-state index contributed by atoms with van der Waals surface area (Å²) in [5, 5.41) is 32.4. The zero-order valence-corrected chi connectivity index (χ0v) is 21.4. The summed E-state index contributed by atoms with van der Waals surface area (Å²) in [6.07, 6.45) is -1.07. The summed E-state index contributed by atoms with van der Waals surface area (Å²) in [5.41, 5.74) is -2.38. The maximum absolute atomic E-state index is 13.6. The summed E-state index contributed by atoms with van der Waals surface area (Å²) in [6.45, 7) is 5.42. The van der Waals surface area contributed by atoms with E-state index in [9.17, 15) is 47.4 Å². The molecule has 2 heterocycles. The number of rotatable bonds is 6. The first-order chi connectivity index (χ1) is 19.4. The smallest absolute Gasteiger partial charge is 0.307 e. The normalized spacial score (nSPS) is 14.6. The van der Waals surface area contributed by atoms with Crippen LogP contribution in [0.5, 0.6) is 0 Å². The van der Waals surface area contributed by atoms with E-state index in [1.54, 1.807) is 0 Å². The van der Waals surface area contributed by atoms with Crippen LogP contribution in [0.15, 0.2) is 24.3 Å². The van der Waals surface area contributed by atoms with Crippen molar-refractivity contribution in [1.29, 1.82) is 0 Å². The molecule has 0 aliphatic carbocycles. The molecule has 0 radical (unpaired) electrons. The largest absolute Gasteiger partial charge is 0.481 e. The second kappa shape index (κ2) is 16.1. The van der Waals surface area contributed by atoms with Gasteiger partial charge in [0.1, 0.15) is 11.6 Å². The highest BCUT2D eigenvalue weighted by Gasteiger charge is 2.23. The van der Waals surface area contributed by atoms with Crippen LogP contribution in [-0.4, -0.2) is 84.3 Å². The van der Waals surface area contributed by atoms with Crippen molar-refractivity contribution in [2.75, 3.05) is 52.6 Å². The molecule has 1 amide bonds. The van der Waals surface area contributed by atoms with Crippen LogP contribution in [-0.2, 0) is 31.9 Å². The van der Waals surface area contributed by atoms with E-state index in [2.05, 4.69) is 5.32 Å². The van der Waals surface area contributed by atoms with E-state index in [4.69, 9.17) is 14.6 Å². The molecule has 2 aromatic rings. The third kappa shape index (κ3) is 10.7. The molecule has 2 aliphatic heterocycles. The van der Waals surface area contributed by atoms with E-state index >= 15 is 0 Å². The molecular formula is C24H26F4N4O9. The molecule has 0 atom stereocenters. The molecule has 0 spiro atoms. The van der Waals surface area contributed by atoms with Crippen molar-refractivity contribution in [2.45, 2.75) is 12.8 Å². The van der Waals surface area contributed by atoms with E-state index in [-0.39, 0.29) is 17.9 Å². The first-order valence-corrected chi connectivity index (χ1v) is 12.0. The van der Waals surface area contributed by atoms with E-state index in [1.165, 1.54) is 4.90 Å². The number of carboxylic acid groups (broad SMARTS) is 1. The van der Waals surface area contributed by atoms with Gasteiger partial charge in [0.2, 0.25) is 17.5 Å². The fourth-order valence-corrected chi connectivity index (χ4v) is 3.48. The Morgan fingerprint density at radius 1 is 0.780 bits per heavy atom. The average molecular weight is 590 g/mol. The van der Waals surface area contributed by atoms with Crippen LogP contribution in [0, 0.1) is 43.5 Å². The molecule has 13 nitrogen and oxygen atoms in total. The Morgan fingerprint density at radius 3 is 1.59 bits per heavy atom. The summed E-state index contributed by atoms with van der Waals surface area (Å²) in [7, 11) is 0. The standard InChI is InChI=1S/C12H12F2N2O4.C8H5F2NO4.C4H9NO/c13-9-7-10(14)11(16(18)19)5-8(9)6-12(17)15-1-3-20-4-2-15;9-5-3-6(10)7(11(14)15)1-4(5)2-8(12)13;1-3-6-4-2-5-1/h5,7H,1-4,6H2;1,3H,2H2,(H,12,13);5H,1-4H2. The number of ether oxygens (including phenoxy) is 2. The lowest BCUT2D eigenvalue weighted by atomic mass is 10.1. The number of carboxylic acids is 1. The molecule has 41 heavy (non-hydrogen) atoms. The van der Waals surface area contributed by atoms with Crippen LogP contribution in [0.2, 0.25) is 0 Å². The van der Waals surface area contributed by atoms with Gasteiger partial charge in [0.05, 0.1) is 49.1 Å². The van der Waals surface area contributed by atoms with Gasteiger partial charge in [-0.05, 0) is 0 Å². The number of nitrogens with zero attached hydrogens (tertiary/aromatic N) is 3. The van der Waals surface area contributed by atoms with Crippen LogP contribution in [0.4, 0.5) is 28.9 Å². The molecule has 0 unspecified atom stereocenters. The van der Waals surface area contributed by atoms with E-state index in [1.807, 2.05) is 0 Å². The molecule has 2 N–H and O–H groups in total. The minimum absolute atomic E-state index is 0.186. The molecule has 0 bridgehead atoms. The van der Waals surface area contributed by atoms with E-state index < -0.39 is 62.4 Å². The third-order valence-corrected chi connectivity index (χ3v) is 5.52. The van der Waals surface area contributed by atoms with E-state index in [0.29, 0.717) is 44.5 Å². The monoisotopic (exact) mass is 590 g/mol. The number of hydrogen-bond donors (Lipinski definition) is 2.